The van der Waals surface area contributed by atoms with Gasteiger partial charge in [0.2, 0.25) is 0 Å². The van der Waals surface area contributed by atoms with Crippen molar-refractivity contribution in [3.05, 3.63) is 88.4 Å². The van der Waals surface area contributed by atoms with Crippen LogP contribution in [0.25, 0.3) is 0 Å². The second-order valence-corrected chi connectivity index (χ2v) is 10.3. The molecule has 4 rings (SSSR count). The SMILES string of the molecule is Cc1c(Cl)cccc1NS(=O)(=O)c1ccc(NC(=O)c2ccc(CN3CCCC3)cc2)cc1. The number of hydrogen-bond acceptors (Lipinski definition) is 4. The average molecular weight is 484 g/mol. The third-order valence-corrected chi connectivity index (χ3v) is 7.55. The number of nitrogens with zero attached hydrogens (tertiary/aromatic N) is 1. The Morgan fingerprint density at radius 2 is 1.64 bits per heavy atom. The van der Waals surface area contributed by atoms with Crippen LogP contribution in [0, 0.1) is 6.92 Å². The number of carbonyl (C=O) groups is 1. The van der Waals surface area contributed by atoms with Crippen LogP contribution in [0.5, 0.6) is 0 Å². The Bertz CT molecular complexity index is 1240. The minimum Gasteiger partial charge on any atom is -0.322 e. The van der Waals surface area contributed by atoms with Crippen molar-refractivity contribution in [2.24, 2.45) is 0 Å². The van der Waals surface area contributed by atoms with Crippen LogP contribution in [0.4, 0.5) is 11.4 Å². The molecule has 8 heteroatoms. The first-order chi connectivity index (χ1) is 15.8. The molecule has 3 aromatic carbocycles. The summed E-state index contributed by atoms with van der Waals surface area (Å²) < 4.78 is 28.0. The minimum atomic E-state index is -3.79. The quantitative estimate of drug-likeness (QED) is 0.478. The van der Waals surface area contributed by atoms with Gasteiger partial charge in [0.05, 0.1) is 10.6 Å². The van der Waals surface area contributed by atoms with E-state index in [2.05, 4.69) is 14.9 Å². The van der Waals surface area contributed by atoms with E-state index in [0.717, 1.165) is 19.6 Å². The van der Waals surface area contributed by atoms with Gasteiger partial charge in [-0.2, -0.15) is 0 Å². The number of likely N-dealkylation sites (tertiary alicyclic amines) is 1. The first-order valence-corrected chi connectivity index (χ1v) is 12.7. The van der Waals surface area contributed by atoms with Crippen molar-refractivity contribution < 1.29 is 13.2 Å². The second-order valence-electron chi connectivity index (χ2n) is 8.18. The third-order valence-electron chi connectivity index (χ3n) is 5.76. The minimum absolute atomic E-state index is 0.0890. The van der Waals surface area contributed by atoms with E-state index in [1.807, 2.05) is 24.3 Å². The number of hydrogen-bond donors (Lipinski definition) is 2. The van der Waals surface area contributed by atoms with Gasteiger partial charge < -0.3 is 5.32 Å². The van der Waals surface area contributed by atoms with Crippen LogP contribution < -0.4 is 10.0 Å². The van der Waals surface area contributed by atoms with E-state index in [4.69, 9.17) is 11.6 Å². The molecule has 0 bridgehead atoms. The van der Waals surface area contributed by atoms with E-state index >= 15 is 0 Å². The van der Waals surface area contributed by atoms with Gasteiger partial charge in [-0.05, 0) is 92.5 Å². The Hall–Kier alpha value is -2.87. The van der Waals surface area contributed by atoms with E-state index in [9.17, 15) is 13.2 Å². The summed E-state index contributed by atoms with van der Waals surface area (Å²) in [4.78, 5) is 15.1. The summed E-state index contributed by atoms with van der Waals surface area (Å²) in [5.74, 6) is -0.244. The molecule has 3 aromatic rings. The van der Waals surface area contributed by atoms with Crippen LogP contribution in [-0.4, -0.2) is 32.3 Å². The van der Waals surface area contributed by atoms with Crippen molar-refractivity contribution in [3.63, 3.8) is 0 Å². The molecule has 1 saturated heterocycles. The largest absolute Gasteiger partial charge is 0.322 e. The summed E-state index contributed by atoms with van der Waals surface area (Å²) in [7, 11) is -3.79. The number of anilines is 2. The predicted octanol–water partition coefficient (Wildman–Crippen LogP) is 5.30. The maximum Gasteiger partial charge on any atom is 0.261 e. The Morgan fingerprint density at radius 3 is 2.30 bits per heavy atom. The van der Waals surface area contributed by atoms with Gasteiger partial charge in [-0.1, -0.05) is 29.8 Å². The third kappa shape index (κ3) is 5.74. The zero-order valence-corrected chi connectivity index (χ0v) is 19.9. The molecular weight excluding hydrogens is 458 g/mol. The summed E-state index contributed by atoms with van der Waals surface area (Å²) >= 11 is 6.08. The topological polar surface area (TPSA) is 78.5 Å². The van der Waals surface area contributed by atoms with Crippen LogP contribution in [0.1, 0.15) is 34.3 Å². The van der Waals surface area contributed by atoms with Gasteiger partial charge in [-0.25, -0.2) is 8.42 Å². The van der Waals surface area contributed by atoms with Gasteiger partial charge in [0.25, 0.3) is 15.9 Å². The maximum absolute atomic E-state index is 12.7. The molecule has 0 saturated carbocycles. The van der Waals surface area contributed by atoms with Gasteiger partial charge in [-0.15, -0.1) is 0 Å². The summed E-state index contributed by atoms with van der Waals surface area (Å²) in [6, 6.07) is 18.7. The van der Waals surface area contributed by atoms with Crippen molar-refractivity contribution in [2.75, 3.05) is 23.1 Å². The van der Waals surface area contributed by atoms with Gasteiger partial charge in [0.1, 0.15) is 0 Å². The lowest BCUT2D eigenvalue weighted by atomic mass is 10.1. The fourth-order valence-electron chi connectivity index (χ4n) is 3.80. The molecule has 0 unspecified atom stereocenters. The van der Waals surface area contributed by atoms with Crippen LogP contribution in [0.2, 0.25) is 5.02 Å². The lowest BCUT2D eigenvalue weighted by Gasteiger charge is -2.14. The van der Waals surface area contributed by atoms with E-state index in [1.165, 1.54) is 30.5 Å². The molecule has 2 N–H and O–H groups in total. The number of rotatable bonds is 7. The zero-order valence-electron chi connectivity index (χ0n) is 18.3. The van der Waals surface area contributed by atoms with Gasteiger partial charge in [-0.3, -0.25) is 14.4 Å². The standard InChI is InChI=1S/C25H26ClN3O3S/c1-18-23(26)5-4-6-24(18)28-33(31,32)22-13-11-21(12-14-22)27-25(30)20-9-7-19(8-10-20)17-29-15-2-3-16-29/h4-14,28H,2-3,15-17H2,1H3,(H,27,30). The monoisotopic (exact) mass is 483 g/mol. The van der Waals surface area contributed by atoms with E-state index in [0.29, 0.717) is 27.5 Å². The Morgan fingerprint density at radius 1 is 0.970 bits per heavy atom. The molecule has 33 heavy (non-hydrogen) atoms. The van der Waals surface area contributed by atoms with Gasteiger partial charge in [0, 0.05) is 22.8 Å². The summed E-state index contributed by atoms with van der Waals surface area (Å²) in [5, 5.41) is 3.30. The lowest BCUT2D eigenvalue weighted by Crippen LogP contribution is -2.18. The predicted molar refractivity (Wildman–Crippen MR) is 132 cm³/mol. The molecule has 0 spiro atoms. The van der Waals surface area contributed by atoms with Crippen molar-refractivity contribution in [3.8, 4) is 0 Å². The Balaban J connectivity index is 1.39. The first kappa shape index (κ1) is 23.3. The molecule has 172 valence electrons. The molecule has 1 amide bonds. The maximum atomic E-state index is 12.7. The number of nitrogens with one attached hydrogen (secondary N) is 2. The summed E-state index contributed by atoms with van der Waals surface area (Å²) in [5.41, 5.74) is 3.32. The van der Waals surface area contributed by atoms with Crippen LogP contribution in [-0.2, 0) is 16.6 Å². The highest BCUT2D eigenvalue weighted by molar-refractivity contribution is 7.92. The molecular formula is C25H26ClN3O3S. The van der Waals surface area contributed by atoms with E-state index in [1.54, 1.807) is 37.3 Å². The number of halogens is 1. The van der Waals surface area contributed by atoms with E-state index in [-0.39, 0.29) is 10.8 Å². The van der Waals surface area contributed by atoms with Crippen LogP contribution in [0.15, 0.2) is 71.6 Å². The van der Waals surface area contributed by atoms with Gasteiger partial charge >= 0.3 is 0 Å². The van der Waals surface area contributed by atoms with Crippen molar-refractivity contribution in [2.45, 2.75) is 31.2 Å². The second kappa shape index (κ2) is 9.95. The number of carbonyl (C=O) groups excluding carboxylic acids is 1. The molecule has 0 aliphatic carbocycles. The highest BCUT2D eigenvalue weighted by atomic mass is 35.5. The molecule has 1 aliphatic rings. The number of benzene rings is 3. The summed E-state index contributed by atoms with van der Waals surface area (Å²) in [6.45, 7) is 4.91. The number of sulfonamides is 1. The Kier molecular flexibility index (Phi) is 7.02. The average Bonchev–Trinajstić information content (AvgIpc) is 3.31. The van der Waals surface area contributed by atoms with Crippen LogP contribution >= 0.6 is 11.6 Å². The van der Waals surface area contributed by atoms with E-state index < -0.39 is 10.0 Å². The van der Waals surface area contributed by atoms with Gasteiger partial charge in [0.15, 0.2) is 0 Å². The molecule has 1 aliphatic heterocycles. The highest BCUT2D eigenvalue weighted by Gasteiger charge is 2.17. The zero-order chi connectivity index (χ0) is 23.4. The van der Waals surface area contributed by atoms with Crippen molar-refractivity contribution >= 4 is 38.9 Å². The first-order valence-electron chi connectivity index (χ1n) is 10.8. The molecule has 1 fully saturated rings. The molecule has 0 aromatic heterocycles. The van der Waals surface area contributed by atoms with Crippen LogP contribution in [0.3, 0.4) is 0 Å². The highest BCUT2D eigenvalue weighted by Crippen LogP contribution is 2.26. The summed E-state index contributed by atoms with van der Waals surface area (Å²) in [6.07, 6.45) is 2.49. The van der Waals surface area contributed by atoms with Crippen molar-refractivity contribution in [1.29, 1.82) is 0 Å². The smallest absolute Gasteiger partial charge is 0.261 e. The molecule has 6 nitrogen and oxygen atoms in total. The lowest BCUT2D eigenvalue weighted by molar-refractivity contribution is 0.102. The normalized spacial score (nSPS) is 14.2. The van der Waals surface area contributed by atoms with Crippen molar-refractivity contribution in [1.82, 2.24) is 4.90 Å². The molecule has 0 atom stereocenters. The molecule has 0 radical (unpaired) electrons. The Labute approximate surface area is 199 Å². The fraction of sp³-hybridized carbons (Fsp3) is 0.240. The molecule has 1 heterocycles. The fourth-order valence-corrected chi connectivity index (χ4v) is 5.10. The number of amides is 1.